The Balaban J connectivity index is 1.86. The van der Waals surface area contributed by atoms with E-state index < -0.39 is 18.5 Å². The first-order valence-corrected chi connectivity index (χ1v) is 8.87. The van der Waals surface area contributed by atoms with Gasteiger partial charge in [0.05, 0.1) is 23.5 Å². The van der Waals surface area contributed by atoms with E-state index in [1.165, 1.54) is 0 Å². The molecule has 1 unspecified atom stereocenters. The predicted molar refractivity (Wildman–Crippen MR) is 98.1 cm³/mol. The summed E-state index contributed by atoms with van der Waals surface area (Å²) in [5, 5.41) is 0.345. The average Bonchev–Trinajstić information content (AvgIpc) is 3.14. The molecule has 0 radical (unpaired) electrons. The van der Waals surface area contributed by atoms with Gasteiger partial charge in [0, 0.05) is 18.9 Å². The molecule has 0 N–H and O–H groups in total. The minimum Gasteiger partial charge on any atom is -0.331 e. The summed E-state index contributed by atoms with van der Waals surface area (Å²) in [6, 6.07) is 6.52. The average molecular weight is 371 g/mol. The third-order valence-corrected chi connectivity index (χ3v) is 4.79. The number of benzene rings is 1. The molecule has 6 nitrogen and oxygen atoms in total. The Morgan fingerprint density at radius 1 is 1.22 bits per heavy atom. The number of rotatable bonds is 4. The zero-order valence-electron chi connectivity index (χ0n) is 14.8. The van der Waals surface area contributed by atoms with Gasteiger partial charge in [-0.15, -0.1) is 0 Å². The van der Waals surface area contributed by atoms with Crippen LogP contribution in [-0.4, -0.2) is 32.5 Å². The summed E-state index contributed by atoms with van der Waals surface area (Å²) in [6.07, 6.45) is 2.34. The van der Waals surface area contributed by atoms with Crippen molar-refractivity contribution in [3.63, 3.8) is 0 Å². The van der Waals surface area contributed by atoms with Crippen LogP contribution in [0.3, 0.4) is 0 Å². The van der Waals surface area contributed by atoms with Crippen LogP contribution in [0.4, 0.5) is 14.7 Å². The van der Waals surface area contributed by atoms with Crippen LogP contribution in [0.15, 0.2) is 41.5 Å². The first-order valence-electron chi connectivity index (χ1n) is 8.87. The van der Waals surface area contributed by atoms with Crippen molar-refractivity contribution in [3.8, 4) is 0 Å². The van der Waals surface area contributed by atoms with Crippen molar-refractivity contribution in [3.05, 3.63) is 58.4 Å². The second kappa shape index (κ2) is 7.02. The number of para-hydroxylation sites is 1. The second-order valence-electron chi connectivity index (χ2n) is 6.71. The molecule has 0 bridgehead atoms. The van der Waals surface area contributed by atoms with Gasteiger partial charge in [-0.05, 0) is 37.5 Å². The highest BCUT2D eigenvalue weighted by molar-refractivity contribution is 5.77. The molecule has 1 atom stereocenters. The highest BCUT2D eigenvalue weighted by Crippen LogP contribution is 2.33. The van der Waals surface area contributed by atoms with E-state index in [1.807, 2.05) is 11.8 Å². The van der Waals surface area contributed by atoms with E-state index in [0.717, 1.165) is 16.6 Å². The van der Waals surface area contributed by atoms with Gasteiger partial charge in [0.2, 0.25) is 5.95 Å². The second-order valence-corrected chi connectivity index (χ2v) is 6.71. The van der Waals surface area contributed by atoms with Crippen molar-refractivity contribution in [1.82, 2.24) is 19.5 Å². The number of aryl methyl sites for hydroxylation is 1. The lowest BCUT2D eigenvalue weighted by atomic mass is 10.1. The van der Waals surface area contributed by atoms with Crippen molar-refractivity contribution in [1.29, 1.82) is 0 Å². The van der Waals surface area contributed by atoms with Gasteiger partial charge in [0.25, 0.3) is 12.0 Å². The van der Waals surface area contributed by atoms with E-state index in [4.69, 9.17) is 0 Å². The van der Waals surface area contributed by atoms with Gasteiger partial charge in [-0.2, -0.15) is 0 Å². The van der Waals surface area contributed by atoms with Crippen LogP contribution >= 0.6 is 0 Å². The number of alkyl halides is 2. The highest BCUT2D eigenvalue weighted by atomic mass is 19.3. The number of halogens is 2. The van der Waals surface area contributed by atoms with Gasteiger partial charge in [0.1, 0.15) is 5.82 Å². The first-order chi connectivity index (χ1) is 13.0. The van der Waals surface area contributed by atoms with E-state index in [2.05, 4.69) is 15.0 Å². The van der Waals surface area contributed by atoms with Gasteiger partial charge < -0.3 is 4.90 Å². The molecule has 0 spiro atoms. The minimum absolute atomic E-state index is 0.316. The largest absolute Gasteiger partial charge is 0.331 e. The number of fused-ring (bicyclic) bond motifs is 1. The summed E-state index contributed by atoms with van der Waals surface area (Å²) in [5.74, 6) is 0.870. The van der Waals surface area contributed by atoms with Crippen molar-refractivity contribution in [2.24, 2.45) is 0 Å². The maximum absolute atomic E-state index is 13.2. The molecule has 1 aliphatic rings. The molecule has 0 aliphatic carbocycles. The van der Waals surface area contributed by atoms with Crippen LogP contribution < -0.4 is 10.5 Å². The third kappa shape index (κ3) is 3.27. The van der Waals surface area contributed by atoms with Crippen LogP contribution in [0.2, 0.25) is 0 Å². The Kier molecular flexibility index (Phi) is 4.55. The van der Waals surface area contributed by atoms with Crippen LogP contribution in [-0.2, 0) is 6.54 Å². The Bertz CT molecular complexity index is 1020. The Labute approximate surface area is 154 Å². The van der Waals surface area contributed by atoms with Crippen molar-refractivity contribution >= 4 is 16.9 Å². The molecular weight excluding hydrogens is 352 g/mol. The van der Waals surface area contributed by atoms with Gasteiger partial charge in [-0.3, -0.25) is 9.36 Å². The Hall–Kier alpha value is -2.90. The summed E-state index contributed by atoms with van der Waals surface area (Å²) >= 11 is 0. The molecule has 4 rings (SSSR count). The number of nitrogens with zero attached hydrogens (tertiary/aromatic N) is 5. The summed E-state index contributed by atoms with van der Waals surface area (Å²) in [5.41, 5.74) is 1.01. The molecule has 0 amide bonds. The SMILES string of the molecule is Cc1cnc(N2CCCC2c2nc3ccccc3c(=O)n2CC(F)F)nc1. The molecule has 1 aromatic carbocycles. The molecule has 3 heterocycles. The first kappa shape index (κ1) is 17.5. The Morgan fingerprint density at radius 2 is 1.96 bits per heavy atom. The van der Waals surface area contributed by atoms with Gasteiger partial charge in [-0.1, -0.05) is 12.1 Å². The molecule has 8 heteroatoms. The molecule has 0 saturated carbocycles. The molecular formula is C19H19F2N5O. The smallest absolute Gasteiger partial charge is 0.261 e. The van der Waals surface area contributed by atoms with E-state index in [0.29, 0.717) is 35.6 Å². The molecule has 1 aliphatic heterocycles. The summed E-state index contributed by atoms with van der Waals surface area (Å²) in [6.45, 7) is 1.91. The maximum atomic E-state index is 13.2. The van der Waals surface area contributed by atoms with Gasteiger partial charge in [0.15, 0.2) is 0 Å². The van der Waals surface area contributed by atoms with Crippen molar-refractivity contribution in [2.45, 2.75) is 38.8 Å². The number of hydrogen-bond acceptors (Lipinski definition) is 5. The fourth-order valence-electron chi connectivity index (χ4n) is 3.56. The molecule has 3 aromatic rings. The fraction of sp³-hybridized carbons (Fsp3) is 0.368. The van der Waals surface area contributed by atoms with E-state index in [-0.39, 0.29) is 6.04 Å². The fourth-order valence-corrected chi connectivity index (χ4v) is 3.56. The Morgan fingerprint density at radius 3 is 2.70 bits per heavy atom. The van der Waals surface area contributed by atoms with Gasteiger partial charge >= 0.3 is 0 Å². The summed E-state index contributed by atoms with van der Waals surface area (Å²) in [7, 11) is 0. The number of hydrogen-bond donors (Lipinski definition) is 0. The standard InChI is InChI=1S/C19H19F2N5O/c1-12-9-22-19(23-10-12)25-8-4-7-15(25)17-24-14-6-3-2-5-13(14)18(27)26(17)11-16(20)21/h2-3,5-6,9-10,15-16H,4,7-8,11H2,1H3. The highest BCUT2D eigenvalue weighted by Gasteiger charge is 2.32. The minimum atomic E-state index is -2.64. The summed E-state index contributed by atoms with van der Waals surface area (Å²) < 4.78 is 27.5. The summed E-state index contributed by atoms with van der Waals surface area (Å²) in [4.78, 5) is 28.1. The monoisotopic (exact) mass is 371 g/mol. The van der Waals surface area contributed by atoms with E-state index in [1.54, 1.807) is 36.7 Å². The molecule has 140 valence electrons. The lowest BCUT2D eigenvalue weighted by Crippen LogP contribution is -2.34. The van der Waals surface area contributed by atoms with Crippen LogP contribution in [0.1, 0.15) is 30.3 Å². The van der Waals surface area contributed by atoms with Gasteiger partial charge in [-0.25, -0.2) is 23.7 Å². The number of aromatic nitrogens is 4. The lowest BCUT2D eigenvalue weighted by molar-refractivity contribution is 0.123. The zero-order valence-corrected chi connectivity index (χ0v) is 14.8. The molecule has 27 heavy (non-hydrogen) atoms. The maximum Gasteiger partial charge on any atom is 0.261 e. The molecule has 1 saturated heterocycles. The normalized spacial score (nSPS) is 17.2. The van der Waals surface area contributed by atoms with E-state index >= 15 is 0 Å². The zero-order chi connectivity index (χ0) is 19.0. The van der Waals surface area contributed by atoms with Crippen LogP contribution in [0.25, 0.3) is 10.9 Å². The predicted octanol–water partition coefficient (Wildman–Crippen LogP) is 3.10. The quantitative estimate of drug-likeness (QED) is 0.705. The molecule has 1 fully saturated rings. The van der Waals surface area contributed by atoms with Crippen molar-refractivity contribution < 1.29 is 8.78 Å². The topological polar surface area (TPSA) is 63.9 Å². The van der Waals surface area contributed by atoms with Crippen LogP contribution in [0, 0.1) is 6.92 Å². The van der Waals surface area contributed by atoms with Crippen LogP contribution in [0.5, 0.6) is 0 Å². The van der Waals surface area contributed by atoms with Crippen molar-refractivity contribution in [2.75, 3.05) is 11.4 Å². The third-order valence-electron chi connectivity index (χ3n) is 4.79. The molecule has 2 aromatic heterocycles. The van der Waals surface area contributed by atoms with E-state index in [9.17, 15) is 13.6 Å². The lowest BCUT2D eigenvalue weighted by Gasteiger charge is -2.26. The number of anilines is 1.